The van der Waals surface area contributed by atoms with Crippen molar-refractivity contribution in [3.63, 3.8) is 0 Å². The Morgan fingerprint density at radius 3 is 2.61 bits per heavy atom. The molecule has 0 aliphatic carbocycles. The Bertz CT molecular complexity index is 475. The molecule has 0 N–H and O–H groups in total. The van der Waals surface area contributed by atoms with Crippen LogP contribution in [0.4, 0.5) is 0 Å². The molecule has 0 unspecified atom stereocenters. The molecular formula is C14H15NO3. The van der Waals surface area contributed by atoms with Gasteiger partial charge in [0.2, 0.25) is 0 Å². The minimum Gasteiger partial charge on any atom is -0.482 e. The predicted octanol–water partition coefficient (Wildman–Crippen LogP) is 3.45. The number of allylic oxidation sites excluding steroid dienone is 3. The lowest BCUT2D eigenvalue weighted by atomic mass is 10.2. The van der Waals surface area contributed by atoms with E-state index in [1.54, 1.807) is 19.1 Å². The van der Waals surface area contributed by atoms with Gasteiger partial charge in [-0.15, -0.1) is 0 Å². The van der Waals surface area contributed by atoms with Crippen LogP contribution in [-0.2, 0) is 11.3 Å². The van der Waals surface area contributed by atoms with E-state index in [-0.39, 0.29) is 18.1 Å². The van der Waals surface area contributed by atoms with E-state index in [4.69, 9.17) is 4.74 Å². The molecule has 0 amide bonds. The summed E-state index contributed by atoms with van der Waals surface area (Å²) in [5.41, 5.74) is 0.815. The number of hydrogen-bond donors (Lipinski definition) is 0. The monoisotopic (exact) mass is 245 g/mol. The van der Waals surface area contributed by atoms with E-state index in [9.17, 15) is 10.1 Å². The van der Waals surface area contributed by atoms with Crippen LogP contribution in [-0.4, -0.2) is 4.92 Å². The summed E-state index contributed by atoms with van der Waals surface area (Å²) in [6.45, 7) is 5.48. The van der Waals surface area contributed by atoms with Gasteiger partial charge >= 0.3 is 5.70 Å². The molecule has 94 valence electrons. The van der Waals surface area contributed by atoms with Crippen LogP contribution in [0.25, 0.3) is 0 Å². The van der Waals surface area contributed by atoms with Crippen LogP contribution in [0.5, 0.6) is 0 Å². The first-order valence-corrected chi connectivity index (χ1v) is 5.49. The van der Waals surface area contributed by atoms with E-state index in [0.29, 0.717) is 0 Å². The van der Waals surface area contributed by atoms with Crippen molar-refractivity contribution in [3.8, 4) is 0 Å². The number of rotatable bonds is 6. The second kappa shape index (κ2) is 7.06. The Labute approximate surface area is 106 Å². The highest BCUT2D eigenvalue weighted by Gasteiger charge is 2.13. The molecule has 0 saturated heterocycles. The largest absolute Gasteiger partial charge is 0.482 e. The summed E-state index contributed by atoms with van der Waals surface area (Å²) < 4.78 is 5.46. The topological polar surface area (TPSA) is 52.4 Å². The standard InChI is InChI=1S/C14H15NO3/c1-3-8-14(13(4-2)15(16)17)18-11-12-9-6-5-7-10-12/h3-10H,2,11H2,1H3/b8-3-,14-13-. The minimum atomic E-state index is -0.507. The van der Waals surface area contributed by atoms with Gasteiger partial charge in [-0.3, -0.25) is 10.1 Å². The maximum absolute atomic E-state index is 10.8. The summed E-state index contributed by atoms with van der Waals surface area (Å²) in [7, 11) is 0. The summed E-state index contributed by atoms with van der Waals surface area (Å²) >= 11 is 0. The lowest BCUT2D eigenvalue weighted by Crippen LogP contribution is -2.03. The third kappa shape index (κ3) is 3.90. The molecule has 0 radical (unpaired) electrons. The van der Waals surface area contributed by atoms with E-state index in [2.05, 4.69) is 6.58 Å². The van der Waals surface area contributed by atoms with Crippen LogP contribution in [0.15, 0.2) is 66.6 Å². The van der Waals surface area contributed by atoms with Crippen LogP contribution < -0.4 is 0 Å². The third-order valence-corrected chi connectivity index (χ3v) is 2.20. The van der Waals surface area contributed by atoms with E-state index < -0.39 is 4.92 Å². The Hall–Kier alpha value is -2.36. The van der Waals surface area contributed by atoms with Gasteiger partial charge in [0, 0.05) is 6.08 Å². The second-order valence-corrected chi connectivity index (χ2v) is 3.48. The summed E-state index contributed by atoms with van der Waals surface area (Å²) in [6.07, 6.45) is 4.43. The van der Waals surface area contributed by atoms with E-state index in [0.717, 1.165) is 5.56 Å². The molecule has 1 aromatic rings. The molecule has 0 heterocycles. The van der Waals surface area contributed by atoms with Crippen LogP contribution in [0.3, 0.4) is 0 Å². The third-order valence-electron chi connectivity index (χ3n) is 2.20. The van der Waals surface area contributed by atoms with Crippen LogP contribution in [0, 0.1) is 10.1 Å². The Morgan fingerprint density at radius 2 is 2.11 bits per heavy atom. The van der Waals surface area contributed by atoms with Crippen molar-refractivity contribution in [1.29, 1.82) is 0 Å². The van der Waals surface area contributed by atoms with Crippen molar-refractivity contribution in [2.24, 2.45) is 0 Å². The molecule has 0 fully saturated rings. The zero-order chi connectivity index (χ0) is 13.4. The number of nitrogens with zero attached hydrogens (tertiary/aromatic N) is 1. The summed E-state index contributed by atoms with van der Waals surface area (Å²) in [6, 6.07) is 9.47. The van der Waals surface area contributed by atoms with E-state index in [1.165, 1.54) is 6.08 Å². The van der Waals surface area contributed by atoms with Gasteiger partial charge in [0.05, 0.1) is 4.92 Å². The highest BCUT2D eigenvalue weighted by molar-refractivity contribution is 5.23. The average Bonchev–Trinajstić information content (AvgIpc) is 2.37. The van der Waals surface area contributed by atoms with Crippen molar-refractivity contribution >= 4 is 0 Å². The van der Waals surface area contributed by atoms with Crippen LogP contribution >= 0.6 is 0 Å². The first kappa shape index (κ1) is 13.7. The fraction of sp³-hybridized carbons (Fsp3) is 0.143. The first-order valence-electron chi connectivity index (χ1n) is 5.49. The maximum atomic E-state index is 10.8. The van der Waals surface area contributed by atoms with Gasteiger partial charge in [-0.1, -0.05) is 43.0 Å². The first-order chi connectivity index (χ1) is 8.69. The van der Waals surface area contributed by atoms with Crippen molar-refractivity contribution in [3.05, 3.63) is 82.3 Å². The summed E-state index contributed by atoms with van der Waals surface area (Å²) in [5, 5.41) is 10.8. The molecule has 1 rings (SSSR count). The summed E-state index contributed by atoms with van der Waals surface area (Å²) in [4.78, 5) is 10.3. The van der Waals surface area contributed by atoms with E-state index in [1.807, 2.05) is 30.3 Å². The van der Waals surface area contributed by atoms with Gasteiger partial charge < -0.3 is 4.74 Å². The number of nitro groups is 1. The SMILES string of the molecule is C=C/C(=C(\C=C/C)OCc1ccccc1)[N+](=O)[O-]. The van der Waals surface area contributed by atoms with Crippen molar-refractivity contribution in [2.45, 2.75) is 13.5 Å². The quantitative estimate of drug-likeness (QED) is 0.334. The lowest BCUT2D eigenvalue weighted by molar-refractivity contribution is -0.421. The molecule has 0 aliphatic rings. The molecule has 0 aliphatic heterocycles. The van der Waals surface area contributed by atoms with Gasteiger partial charge in [-0.05, 0) is 18.6 Å². The second-order valence-electron chi connectivity index (χ2n) is 3.48. The molecule has 1 aromatic carbocycles. The average molecular weight is 245 g/mol. The van der Waals surface area contributed by atoms with Crippen molar-refractivity contribution in [1.82, 2.24) is 0 Å². The molecule has 4 heteroatoms. The Balaban J connectivity index is 2.88. The van der Waals surface area contributed by atoms with Gasteiger partial charge in [0.15, 0.2) is 5.76 Å². The zero-order valence-corrected chi connectivity index (χ0v) is 10.2. The van der Waals surface area contributed by atoms with Gasteiger partial charge in [-0.2, -0.15) is 0 Å². The van der Waals surface area contributed by atoms with Crippen LogP contribution in [0.1, 0.15) is 12.5 Å². The highest BCUT2D eigenvalue weighted by Crippen LogP contribution is 2.13. The predicted molar refractivity (Wildman–Crippen MR) is 70.3 cm³/mol. The molecule has 4 nitrogen and oxygen atoms in total. The molecule has 0 atom stereocenters. The van der Waals surface area contributed by atoms with Crippen LogP contribution in [0.2, 0.25) is 0 Å². The van der Waals surface area contributed by atoms with Gasteiger partial charge in [-0.25, -0.2) is 0 Å². The molecule has 0 bridgehead atoms. The lowest BCUT2D eigenvalue weighted by Gasteiger charge is -2.06. The van der Waals surface area contributed by atoms with E-state index >= 15 is 0 Å². The fourth-order valence-corrected chi connectivity index (χ4v) is 1.36. The van der Waals surface area contributed by atoms with Crippen molar-refractivity contribution in [2.75, 3.05) is 0 Å². The molecule has 0 spiro atoms. The molecule has 0 aromatic heterocycles. The molecule has 0 saturated carbocycles. The van der Waals surface area contributed by atoms with Gasteiger partial charge in [0.1, 0.15) is 6.61 Å². The summed E-state index contributed by atoms with van der Waals surface area (Å²) in [5.74, 6) is 0.210. The van der Waals surface area contributed by atoms with Gasteiger partial charge in [0.25, 0.3) is 0 Å². The minimum absolute atomic E-state index is 0.135. The maximum Gasteiger partial charge on any atom is 0.310 e. The fourth-order valence-electron chi connectivity index (χ4n) is 1.36. The zero-order valence-electron chi connectivity index (χ0n) is 10.2. The highest BCUT2D eigenvalue weighted by atomic mass is 16.6. The van der Waals surface area contributed by atoms with Crippen molar-refractivity contribution < 1.29 is 9.66 Å². The Kier molecular flexibility index (Phi) is 5.38. The number of hydrogen-bond acceptors (Lipinski definition) is 3. The number of ether oxygens (including phenoxy) is 1. The normalized spacial score (nSPS) is 12.1. The molecule has 18 heavy (non-hydrogen) atoms. The Morgan fingerprint density at radius 1 is 1.44 bits per heavy atom. The smallest absolute Gasteiger partial charge is 0.310 e. The number of benzene rings is 1. The molecular weight excluding hydrogens is 230 g/mol.